The molecule has 8 heteroatoms. The number of carbonyl (C=O) groups is 1. The van der Waals surface area contributed by atoms with Gasteiger partial charge in [-0.1, -0.05) is 41.0 Å². The lowest BCUT2D eigenvalue weighted by Gasteiger charge is -2.15. The van der Waals surface area contributed by atoms with Crippen LogP contribution in [0.3, 0.4) is 0 Å². The molecule has 0 saturated carbocycles. The number of aromatic nitrogens is 3. The van der Waals surface area contributed by atoms with E-state index in [1.807, 2.05) is 25.1 Å². The molecule has 1 amide bonds. The molecule has 0 unspecified atom stereocenters. The van der Waals surface area contributed by atoms with E-state index in [1.54, 1.807) is 37.3 Å². The summed E-state index contributed by atoms with van der Waals surface area (Å²) in [6, 6.07) is 13.5. The zero-order valence-electron chi connectivity index (χ0n) is 15.7. The summed E-state index contributed by atoms with van der Waals surface area (Å²) in [6.45, 7) is 3.57. The number of nitrogens with one attached hydrogen (secondary N) is 1. The molecule has 0 fully saturated rings. The lowest BCUT2D eigenvalue weighted by Crippen LogP contribution is -2.31. The molecule has 2 aromatic carbocycles. The summed E-state index contributed by atoms with van der Waals surface area (Å²) in [5.74, 6) is -0.330. The Bertz CT molecular complexity index is 1260. The largest absolute Gasteiger partial charge is 0.335 e. The van der Waals surface area contributed by atoms with Crippen LogP contribution in [-0.4, -0.2) is 20.6 Å². The van der Waals surface area contributed by atoms with Gasteiger partial charge >= 0.3 is 0 Å². The topological polar surface area (TPSA) is 90.0 Å². The Balaban J connectivity index is 1.71. The van der Waals surface area contributed by atoms with Crippen LogP contribution in [0.15, 0.2) is 64.2 Å². The molecular weight excluding hydrogens is 392 g/mol. The second-order valence-electron chi connectivity index (χ2n) is 6.71. The first-order valence-corrected chi connectivity index (χ1v) is 9.32. The van der Waals surface area contributed by atoms with Crippen LogP contribution in [-0.2, 0) is 4.79 Å². The molecule has 146 valence electrons. The van der Waals surface area contributed by atoms with E-state index in [4.69, 9.17) is 16.1 Å². The Kier molecular flexibility index (Phi) is 4.90. The number of rotatable bonds is 4. The van der Waals surface area contributed by atoms with Crippen molar-refractivity contribution in [1.82, 2.24) is 14.7 Å². The Morgan fingerprint density at radius 1 is 1.21 bits per heavy atom. The Labute approximate surface area is 170 Å². The average molecular weight is 409 g/mol. The molecule has 0 saturated heterocycles. The van der Waals surface area contributed by atoms with Gasteiger partial charge in [0.25, 0.3) is 11.3 Å². The number of hydrogen-bond acceptors (Lipinski definition) is 5. The lowest BCUT2D eigenvalue weighted by molar-refractivity contribution is -0.118. The number of hydrogen-bond donors (Lipinski definition) is 1. The average Bonchev–Trinajstić information content (AvgIpc) is 3.13. The van der Waals surface area contributed by atoms with Crippen LogP contribution in [0.1, 0.15) is 18.5 Å². The van der Waals surface area contributed by atoms with E-state index in [9.17, 15) is 9.59 Å². The quantitative estimate of drug-likeness (QED) is 0.546. The van der Waals surface area contributed by atoms with Gasteiger partial charge in [-0.3, -0.25) is 14.2 Å². The second-order valence-corrected chi connectivity index (χ2v) is 7.15. The monoisotopic (exact) mass is 408 g/mol. The third-order valence-electron chi connectivity index (χ3n) is 4.62. The van der Waals surface area contributed by atoms with Crippen LogP contribution < -0.4 is 10.9 Å². The number of benzene rings is 2. The van der Waals surface area contributed by atoms with E-state index in [-0.39, 0.29) is 17.0 Å². The third kappa shape index (κ3) is 3.64. The molecule has 4 rings (SSSR count). The van der Waals surface area contributed by atoms with Crippen molar-refractivity contribution in [3.63, 3.8) is 0 Å². The standard InChI is InChI=1S/C21H17ClN4O3/c1-12-4-3-5-16(10-12)24-19(27)13(2)26-11-23-20-17(21(26)28)18(25-29-20)14-6-8-15(22)9-7-14/h3-11,13H,1-2H3,(H,24,27)/t13-/m1/s1. The Hall–Kier alpha value is -3.45. The van der Waals surface area contributed by atoms with Crippen LogP contribution in [0.25, 0.3) is 22.4 Å². The molecule has 4 aromatic rings. The highest BCUT2D eigenvalue weighted by atomic mass is 35.5. The molecule has 2 aromatic heterocycles. The van der Waals surface area contributed by atoms with Gasteiger partial charge in [0.2, 0.25) is 5.91 Å². The van der Waals surface area contributed by atoms with E-state index in [1.165, 1.54) is 10.9 Å². The molecule has 2 heterocycles. The fraction of sp³-hybridized carbons (Fsp3) is 0.143. The van der Waals surface area contributed by atoms with E-state index in [0.717, 1.165) is 5.56 Å². The number of amides is 1. The molecule has 1 N–H and O–H groups in total. The van der Waals surface area contributed by atoms with Crippen molar-refractivity contribution in [1.29, 1.82) is 0 Å². The van der Waals surface area contributed by atoms with Crippen molar-refractivity contribution in [2.75, 3.05) is 5.32 Å². The number of aryl methyl sites for hydroxylation is 1. The van der Waals surface area contributed by atoms with Crippen LogP contribution in [0.4, 0.5) is 5.69 Å². The summed E-state index contributed by atoms with van der Waals surface area (Å²) in [5, 5.41) is 7.59. The van der Waals surface area contributed by atoms with Crippen LogP contribution in [0.2, 0.25) is 5.02 Å². The minimum Gasteiger partial charge on any atom is -0.335 e. The summed E-state index contributed by atoms with van der Waals surface area (Å²) in [7, 11) is 0. The molecule has 29 heavy (non-hydrogen) atoms. The molecule has 0 spiro atoms. The molecule has 0 aliphatic heterocycles. The fourth-order valence-electron chi connectivity index (χ4n) is 3.04. The molecule has 0 aliphatic carbocycles. The molecule has 7 nitrogen and oxygen atoms in total. The van der Waals surface area contributed by atoms with Gasteiger partial charge in [-0.05, 0) is 43.7 Å². The third-order valence-corrected chi connectivity index (χ3v) is 4.87. The summed E-state index contributed by atoms with van der Waals surface area (Å²) in [6.07, 6.45) is 1.29. The SMILES string of the molecule is Cc1cccc(NC(=O)[C@@H](C)n2cnc3onc(-c4ccc(Cl)cc4)c3c2=O)c1. The summed E-state index contributed by atoms with van der Waals surface area (Å²) in [5.41, 5.74) is 2.41. The molecule has 0 radical (unpaired) electrons. The first-order chi connectivity index (χ1) is 13.9. The van der Waals surface area contributed by atoms with Gasteiger partial charge in [-0.25, -0.2) is 4.98 Å². The van der Waals surface area contributed by atoms with Crippen molar-refractivity contribution in [2.24, 2.45) is 0 Å². The van der Waals surface area contributed by atoms with Gasteiger partial charge in [-0.15, -0.1) is 0 Å². The van der Waals surface area contributed by atoms with Crippen molar-refractivity contribution in [3.8, 4) is 11.3 Å². The number of halogens is 1. The molecule has 1 atom stereocenters. The van der Waals surface area contributed by atoms with E-state index in [0.29, 0.717) is 22.0 Å². The van der Waals surface area contributed by atoms with E-state index in [2.05, 4.69) is 15.5 Å². The first-order valence-electron chi connectivity index (χ1n) is 8.94. The van der Waals surface area contributed by atoms with Crippen molar-refractivity contribution >= 4 is 34.3 Å². The first kappa shape index (κ1) is 18.9. The maximum atomic E-state index is 13.1. The molecule has 0 aliphatic rings. The lowest BCUT2D eigenvalue weighted by atomic mass is 10.1. The highest BCUT2D eigenvalue weighted by Crippen LogP contribution is 2.26. The molecule has 0 bridgehead atoms. The van der Waals surface area contributed by atoms with Crippen molar-refractivity contribution < 1.29 is 9.32 Å². The van der Waals surface area contributed by atoms with Gasteiger partial charge < -0.3 is 9.84 Å². The second kappa shape index (κ2) is 7.52. The Morgan fingerprint density at radius 2 is 1.97 bits per heavy atom. The fourth-order valence-corrected chi connectivity index (χ4v) is 3.16. The number of nitrogens with zero attached hydrogens (tertiary/aromatic N) is 3. The molecular formula is C21H17ClN4O3. The maximum absolute atomic E-state index is 13.1. The minimum absolute atomic E-state index is 0.113. The van der Waals surface area contributed by atoms with Gasteiger partial charge in [0.05, 0.1) is 0 Å². The van der Waals surface area contributed by atoms with Crippen LogP contribution >= 0.6 is 11.6 Å². The summed E-state index contributed by atoms with van der Waals surface area (Å²) >= 11 is 5.93. The van der Waals surface area contributed by atoms with Gasteiger partial charge in [0, 0.05) is 16.3 Å². The van der Waals surface area contributed by atoms with E-state index >= 15 is 0 Å². The zero-order valence-corrected chi connectivity index (χ0v) is 16.5. The van der Waals surface area contributed by atoms with Crippen LogP contribution in [0, 0.1) is 6.92 Å². The van der Waals surface area contributed by atoms with E-state index < -0.39 is 11.6 Å². The zero-order chi connectivity index (χ0) is 20.5. The van der Waals surface area contributed by atoms with Crippen molar-refractivity contribution in [3.05, 3.63) is 75.8 Å². The smallest absolute Gasteiger partial charge is 0.267 e. The van der Waals surface area contributed by atoms with Gasteiger partial charge in [0.1, 0.15) is 23.4 Å². The number of anilines is 1. The summed E-state index contributed by atoms with van der Waals surface area (Å²) in [4.78, 5) is 30.0. The Morgan fingerprint density at radius 3 is 2.69 bits per heavy atom. The normalized spacial score (nSPS) is 12.1. The minimum atomic E-state index is -0.784. The number of fused-ring (bicyclic) bond motifs is 1. The van der Waals surface area contributed by atoms with Gasteiger partial charge in [0.15, 0.2) is 0 Å². The number of carbonyl (C=O) groups excluding carboxylic acids is 1. The highest BCUT2D eigenvalue weighted by Gasteiger charge is 2.22. The van der Waals surface area contributed by atoms with Gasteiger partial charge in [-0.2, -0.15) is 0 Å². The van der Waals surface area contributed by atoms with Crippen LogP contribution in [0.5, 0.6) is 0 Å². The maximum Gasteiger partial charge on any atom is 0.267 e. The predicted octanol–water partition coefficient (Wildman–Crippen LogP) is 4.21. The highest BCUT2D eigenvalue weighted by molar-refractivity contribution is 6.30. The van der Waals surface area contributed by atoms with Crippen molar-refractivity contribution in [2.45, 2.75) is 19.9 Å². The summed E-state index contributed by atoms with van der Waals surface area (Å²) < 4.78 is 6.48. The predicted molar refractivity (Wildman–Crippen MR) is 111 cm³/mol.